The maximum absolute atomic E-state index is 11.8. The Morgan fingerprint density at radius 2 is 1.87 bits per heavy atom. The summed E-state index contributed by atoms with van der Waals surface area (Å²) in [5.41, 5.74) is 0.756. The van der Waals surface area contributed by atoms with Crippen LogP contribution in [0.25, 0.3) is 0 Å². The quantitative estimate of drug-likeness (QED) is 0.804. The van der Waals surface area contributed by atoms with E-state index in [0.717, 1.165) is 0 Å². The smallest absolute Gasteiger partial charge is 0.335 e. The van der Waals surface area contributed by atoms with E-state index in [0.29, 0.717) is 21.7 Å². The summed E-state index contributed by atoms with van der Waals surface area (Å²) in [6.07, 6.45) is 0. The van der Waals surface area contributed by atoms with E-state index in [4.69, 9.17) is 14.6 Å². The van der Waals surface area contributed by atoms with Crippen LogP contribution in [0.5, 0.6) is 11.5 Å². The van der Waals surface area contributed by atoms with Gasteiger partial charge in [-0.1, -0.05) is 0 Å². The molecule has 0 aliphatic heterocycles. The fraction of sp³-hybridized carbons (Fsp3) is 0.125. The molecule has 0 saturated heterocycles. The molecule has 6 nitrogen and oxygen atoms in total. The van der Waals surface area contributed by atoms with Crippen LogP contribution in [-0.2, 0) is 4.79 Å². The Balaban J connectivity index is 1.92. The van der Waals surface area contributed by atoms with Gasteiger partial charge in [-0.15, -0.1) is 0 Å². The lowest BCUT2D eigenvalue weighted by Crippen LogP contribution is -2.20. The van der Waals surface area contributed by atoms with Gasteiger partial charge in [-0.3, -0.25) is 4.79 Å². The first kappa shape index (κ1) is 16.8. The van der Waals surface area contributed by atoms with Crippen LogP contribution in [-0.4, -0.2) is 30.7 Å². The van der Waals surface area contributed by atoms with Crippen molar-refractivity contribution in [3.63, 3.8) is 0 Å². The van der Waals surface area contributed by atoms with E-state index in [2.05, 4.69) is 21.2 Å². The minimum Gasteiger partial charge on any atom is -0.497 e. The Labute approximate surface area is 141 Å². The number of hydrogen-bond acceptors (Lipinski definition) is 4. The van der Waals surface area contributed by atoms with Gasteiger partial charge in [0.05, 0.1) is 17.1 Å². The van der Waals surface area contributed by atoms with E-state index in [1.54, 1.807) is 31.4 Å². The monoisotopic (exact) mass is 379 g/mol. The maximum Gasteiger partial charge on any atom is 0.335 e. The van der Waals surface area contributed by atoms with Gasteiger partial charge >= 0.3 is 5.97 Å². The van der Waals surface area contributed by atoms with Crippen LogP contribution < -0.4 is 14.8 Å². The van der Waals surface area contributed by atoms with Crippen LogP contribution >= 0.6 is 15.9 Å². The highest BCUT2D eigenvalue weighted by molar-refractivity contribution is 9.10. The number of benzene rings is 2. The lowest BCUT2D eigenvalue weighted by molar-refractivity contribution is -0.118. The van der Waals surface area contributed by atoms with Crippen molar-refractivity contribution >= 4 is 33.5 Å². The molecule has 2 aromatic carbocycles. The van der Waals surface area contributed by atoms with Crippen LogP contribution in [0.1, 0.15) is 10.4 Å². The summed E-state index contributed by atoms with van der Waals surface area (Å²) in [6.45, 7) is -0.197. The Kier molecular flexibility index (Phi) is 5.59. The first-order valence-electron chi connectivity index (χ1n) is 6.59. The maximum atomic E-state index is 11.8. The van der Waals surface area contributed by atoms with Crippen molar-refractivity contribution in [2.24, 2.45) is 0 Å². The number of rotatable bonds is 6. The fourth-order valence-electron chi connectivity index (χ4n) is 1.77. The molecular weight excluding hydrogens is 366 g/mol. The summed E-state index contributed by atoms with van der Waals surface area (Å²) in [5.74, 6) is -0.277. The molecule has 1 amide bonds. The van der Waals surface area contributed by atoms with Crippen molar-refractivity contribution in [3.8, 4) is 11.5 Å². The number of hydrogen-bond donors (Lipinski definition) is 2. The minimum atomic E-state index is -1.03. The Bertz CT molecular complexity index is 715. The largest absolute Gasteiger partial charge is 0.497 e. The normalized spacial score (nSPS) is 10.0. The lowest BCUT2D eigenvalue weighted by Gasteiger charge is -2.10. The van der Waals surface area contributed by atoms with Crippen LogP contribution in [0.3, 0.4) is 0 Å². The molecule has 0 fully saturated rings. The van der Waals surface area contributed by atoms with Gasteiger partial charge in [0.1, 0.15) is 11.5 Å². The van der Waals surface area contributed by atoms with E-state index < -0.39 is 5.97 Å². The highest BCUT2D eigenvalue weighted by atomic mass is 79.9. The SMILES string of the molecule is COc1ccc(NC(=O)COc2ccc(C(=O)O)cc2Br)cc1. The average molecular weight is 380 g/mol. The number of aromatic carboxylic acids is 1. The molecule has 0 atom stereocenters. The second kappa shape index (κ2) is 7.64. The minimum absolute atomic E-state index is 0.131. The van der Waals surface area contributed by atoms with E-state index in [-0.39, 0.29) is 18.1 Å². The number of carboxylic acids is 1. The summed E-state index contributed by atoms with van der Waals surface area (Å²) >= 11 is 3.21. The van der Waals surface area contributed by atoms with Crippen molar-refractivity contribution in [2.45, 2.75) is 0 Å². The molecule has 2 aromatic rings. The van der Waals surface area contributed by atoms with Crippen molar-refractivity contribution in [3.05, 3.63) is 52.5 Å². The number of carbonyl (C=O) groups is 2. The molecule has 0 aliphatic rings. The van der Waals surface area contributed by atoms with Crippen LogP contribution in [0.4, 0.5) is 5.69 Å². The third kappa shape index (κ3) is 4.72. The molecule has 0 spiro atoms. The van der Waals surface area contributed by atoms with Crippen LogP contribution in [0.2, 0.25) is 0 Å². The second-order valence-electron chi connectivity index (χ2n) is 4.52. The first-order valence-corrected chi connectivity index (χ1v) is 7.38. The van der Waals surface area contributed by atoms with Crippen molar-refractivity contribution < 1.29 is 24.2 Å². The summed E-state index contributed by atoms with van der Waals surface area (Å²) in [6, 6.07) is 11.2. The highest BCUT2D eigenvalue weighted by Gasteiger charge is 2.09. The van der Waals surface area contributed by atoms with Gasteiger partial charge in [-0.2, -0.15) is 0 Å². The molecule has 0 bridgehead atoms. The molecule has 120 valence electrons. The molecule has 0 unspecified atom stereocenters. The van der Waals surface area contributed by atoms with Gasteiger partial charge in [0.25, 0.3) is 5.91 Å². The molecule has 7 heteroatoms. The number of anilines is 1. The highest BCUT2D eigenvalue weighted by Crippen LogP contribution is 2.26. The summed E-state index contributed by atoms with van der Waals surface area (Å²) in [7, 11) is 1.56. The van der Waals surface area contributed by atoms with Gasteiger partial charge < -0.3 is 19.9 Å². The van der Waals surface area contributed by atoms with Crippen LogP contribution in [0.15, 0.2) is 46.9 Å². The predicted molar refractivity (Wildman–Crippen MR) is 88.2 cm³/mol. The molecular formula is C16H14BrNO5. The number of amides is 1. The molecule has 0 aliphatic carbocycles. The topological polar surface area (TPSA) is 84.9 Å². The first-order chi connectivity index (χ1) is 11.0. The molecule has 0 radical (unpaired) electrons. The molecule has 0 saturated carbocycles. The summed E-state index contributed by atoms with van der Waals surface area (Å²) in [4.78, 5) is 22.7. The van der Waals surface area contributed by atoms with Crippen molar-refractivity contribution in [1.29, 1.82) is 0 Å². The summed E-state index contributed by atoms with van der Waals surface area (Å²) in [5, 5.41) is 11.6. The van der Waals surface area contributed by atoms with Gasteiger partial charge in [0, 0.05) is 5.69 Å². The Morgan fingerprint density at radius 3 is 2.43 bits per heavy atom. The van der Waals surface area contributed by atoms with Gasteiger partial charge in [0.2, 0.25) is 0 Å². The molecule has 23 heavy (non-hydrogen) atoms. The van der Waals surface area contributed by atoms with Crippen molar-refractivity contribution in [1.82, 2.24) is 0 Å². The van der Waals surface area contributed by atoms with Crippen LogP contribution in [0, 0.1) is 0 Å². The second-order valence-corrected chi connectivity index (χ2v) is 5.37. The third-order valence-electron chi connectivity index (χ3n) is 2.91. The molecule has 0 aromatic heterocycles. The van der Waals surface area contributed by atoms with E-state index in [1.807, 2.05) is 0 Å². The van der Waals surface area contributed by atoms with Crippen molar-refractivity contribution in [2.75, 3.05) is 19.0 Å². The fourth-order valence-corrected chi connectivity index (χ4v) is 2.26. The number of carbonyl (C=O) groups excluding carboxylic acids is 1. The molecule has 2 rings (SSSR count). The third-order valence-corrected chi connectivity index (χ3v) is 3.53. The zero-order valence-electron chi connectivity index (χ0n) is 12.2. The Morgan fingerprint density at radius 1 is 1.17 bits per heavy atom. The van der Waals surface area contributed by atoms with E-state index >= 15 is 0 Å². The number of nitrogens with one attached hydrogen (secondary N) is 1. The Hall–Kier alpha value is -2.54. The van der Waals surface area contributed by atoms with E-state index in [9.17, 15) is 9.59 Å². The average Bonchev–Trinajstić information content (AvgIpc) is 2.54. The number of ether oxygens (including phenoxy) is 2. The zero-order valence-corrected chi connectivity index (χ0v) is 13.8. The number of carboxylic acid groups (broad SMARTS) is 1. The number of methoxy groups -OCH3 is 1. The molecule has 0 heterocycles. The predicted octanol–water partition coefficient (Wildman–Crippen LogP) is 3.17. The number of halogens is 1. The van der Waals surface area contributed by atoms with Gasteiger partial charge in [-0.25, -0.2) is 4.79 Å². The standard InChI is InChI=1S/C16H14BrNO5/c1-22-12-5-3-11(4-6-12)18-15(19)9-23-14-7-2-10(16(20)21)8-13(14)17/h2-8H,9H2,1H3,(H,18,19)(H,20,21). The van der Waals surface area contributed by atoms with E-state index in [1.165, 1.54) is 18.2 Å². The lowest BCUT2D eigenvalue weighted by atomic mass is 10.2. The zero-order chi connectivity index (χ0) is 16.8. The van der Waals surface area contributed by atoms with Gasteiger partial charge in [0.15, 0.2) is 6.61 Å². The van der Waals surface area contributed by atoms with Gasteiger partial charge in [-0.05, 0) is 58.4 Å². The molecule has 2 N–H and O–H groups in total. The summed E-state index contributed by atoms with van der Waals surface area (Å²) < 4.78 is 10.9.